The second-order valence-electron chi connectivity index (χ2n) is 5.73. The summed E-state index contributed by atoms with van der Waals surface area (Å²) in [4.78, 5) is 11.5. The third kappa shape index (κ3) is 3.89. The van der Waals surface area contributed by atoms with Crippen LogP contribution in [0.1, 0.15) is 31.4 Å². The Balaban J connectivity index is 1.82. The zero-order valence-electron chi connectivity index (χ0n) is 12.8. The summed E-state index contributed by atoms with van der Waals surface area (Å²) in [5, 5.41) is 3.95. The summed E-state index contributed by atoms with van der Waals surface area (Å²) in [5.74, 6) is 1.64. The molecule has 0 unspecified atom stereocenters. The van der Waals surface area contributed by atoms with E-state index >= 15 is 0 Å². The second-order valence-corrected chi connectivity index (χ2v) is 6.16. The highest BCUT2D eigenvalue weighted by Crippen LogP contribution is 2.22. The van der Waals surface area contributed by atoms with Crippen molar-refractivity contribution in [3.63, 3.8) is 0 Å². The van der Waals surface area contributed by atoms with Gasteiger partial charge in [0.05, 0.1) is 0 Å². The number of anilines is 3. The van der Waals surface area contributed by atoms with Crippen molar-refractivity contribution in [1.82, 2.24) is 9.97 Å². The fourth-order valence-electron chi connectivity index (χ4n) is 2.76. The molecule has 1 saturated heterocycles. The van der Waals surface area contributed by atoms with Crippen molar-refractivity contribution in [1.29, 1.82) is 0 Å². The smallest absolute Gasteiger partial charge is 0.229 e. The predicted molar refractivity (Wildman–Crippen MR) is 92.2 cm³/mol. The zero-order valence-corrected chi connectivity index (χ0v) is 13.6. The highest BCUT2D eigenvalue weighted by molar-refractivity contribution is 6.30. The third-order valence-electron chi connectivity index (χ3n) is 3.85. The van der Waals surface area contributed by atoms with Gasteiger partial charge >= 0.3 is 0 Å². The Morgan fingerprint density at radius 2 is 1.82 bits per heavy atom. The Labute approximate surface area is 136 Å². The van der Waals surface area contributed by atoms with Crippen molar-refractivity contribution < 1.29 is 0 Å². The number of aromatic nitrogens is 2. The van der Waals surface area contributed by atoms with Gasteiger partial charge in [0.2, 0.25) is 5.95 Å². The summed E-state index contributed by atoms with van der Waals surface area (Å²) in [6.07, 6.45) is 5.10. The predicted octanol–water partition coefficient (Wildman–Crippen LogP) is 4.56. The van der Waals surface area contributed by atoms with Gasteiger partial charge < -0.3 is 10.2 Å². The maximum atomic E-state index is 6.02. The first kappa shape index (κ1) is 15.1. The highest BCUT2D eigenvalue weighted by atomic mass is 35.5. The van der Waals surface area contributed by atoms with E-state index in [-0.39, 0.29) is 0 Å². The van der Waals surface area contributed by atoms with Crippen LogP contribution in [-0.4, -0.2) is 23.1 Å². The van der Waals surface area contributed by atoms with Gasteiger partial charge in [-0.2, -0.15) is 4.98 Å². The van der Waals surface area contributed by atoms with E-state index in [1.165, 1.54) is 25.7 Å². The van der Waals surface area contributed by atoms with Gasteiger partial charge in [0.1, 0.15) is 5.82 Å². The lowest BCUT2D eigenvalue weighted by molar-refractivity contribution is 0.726. The Kier molecular flexibility index (Phi) is 4.78. The molecule has 0 bridgehead atoms. The van der Waals surface area contributed by atoms with Gasteiger partial charge in [0.15, 0.2) is 0 Å². The minimum atomic E-state index is 0.626. The normalized spacial score (nSPS) is 15.5. The second kappa shape index (κ2) is 6.97. The molecule has 1 fully saturated rings. The summed E-state index contributed by atoms with van der Waals surface area (Å²) in [5.41, 5.74) is 1.87. The molecule has 0 atom stereocenters. The van der Waals surface area contributed by atoms with Crippen LogP contribution >= 0.6 is 11.6 Å². The molecule has 0 amide bonds. The molecule has 2 heterocycles. The number of nitrogens with zero attached hydrogens (tertiary/aromatic N) is 3. The molecule has 0 radical (unpaired) electrons. The van der Waals surface area contributed by atoms with Gasteiger partial charge in [-0.15, -0.1) is 0 Å². The van der Waals surface area contributed by atoms with Crippen LogP contribution < -0.4 is 10.2 Å². The number of hydrogen-bond acceptors (Lipinski definition) is 4. The summed E-state index contributed by atoms with van der Waals surface area (Å²) in [7, 11) is 0. The van der Waals surface area contributed by atoms with E-state index in [9.17, 15) is 0 Å². The van der Waals surface area contributed by atoms with Crippen molar-refractivity contribution in [2.75, 3.05) is 23.3 Å². The maximum Gasteiger partial charge on any atom is 0.229 e. The van der Waals surface area contributed by atoms with Crippen LogP contribution in [0, 0.1) is 6.92 Å². The van der Waals surface area contributed by atoms with Gasteiger partial charge in [-0.1, -0.05) is 30.5 Å². The number of halogens is 1. The van der Waals surface area contributed by atoms with Gasteiger partial charge in [-0.3, -0.25) is 0 Å². The molecule has 1 aromatic heterocycles. The van der Waals surface area contributed by atoms with Crippen LogP contribution in [0.15, 0.2) is 30.3 Å². The topological polar surface area (TPSA) is 41.1 Å². The largest absolute Gasteiger partial charge is 0.356 e. The molecule has 0 spiro atoms. The molecule has 0 aliphatic carbocycles. The molecular formula is C17H21ClN4. The number of benzene rings is 1. The van der Waals surface area contributed by atoms with Crippen molar-refractivity contribution >= 4 is 29.1 Å². The van der Waals surface area contributed by atoms with Crippen molar-refractivity contribution in [2.24, 2.45) is 0 Å². The Morgan fingerprint density at radius 1 is 1.05 bits per heavy atom. The van der Waals surface area contributed by atoms with E-state index in [0.29, 0.717) is 11.0 Å². The van der Waals surface area contributed by atoms with Gasteiger partial charge in [-0.25, -0.2) is 4.98 Å². The van der Waals surface area contributed by atoms with Crippen LogP contribution in [0.4, 0.5) is 17.5 Å². The molecule has 5 heteroatoms. The minimum Gasteiger partial charge on any atom is -0.356 e. The number of hydrogen-bond donors (Lipinski definition) is 1. The summed E-state index contributed by atoms with van der Waals surface area (Å²) in [6.45, 7) is 4.16. The van der Waals surface area contributed by atoms with Crippen molar-refractivity contribution in [3.05, 3.63) is 41.0 Å². The molecule has 1 N–H and O–H groups in total. The Hall–Kier alpha value is -1.81. The average Bonchev–Trinajstić information content (AvgIpc) is 2.75. The molecule has 2 aromatic rings. The van der Waals surface area contributed by atoms with Crippen molar-refractivity contribution in [3.8, 4) is 0 Å². The molecule has 0 saturated carbocycles. The SMILES string of the molecule is Cc1cc(N2CCCCCC2)nc(Nc2cccc(Cl)c2)n1. The summed E-state index contributed by atoms with van der Waals surface area (Å²) in [6, 6.07) is 9.67. The van der Waals surface area contributed by atoms with Gasteiger partial charge in [0, 0.05) is 35.6 Å². The molecule has 22 heavy (non-hydrogen) atoms. The maximum absolute atomic E-state index is 6.02. The molecule has 1 aliphatic heterocycles. The number of aryl methyl sites for hydroxylation is 1. The van der Waals surface area contributed by atoms with E-state index in [4.69, 9.17) is 11.6 Å². The van der Waals surface area contributed by atoms with Crippen LogP contribution in [0.25, 0.3) is 0 Å². The van der Waals surface area contributed by atoms with Crippen LogP contribution in [-0.2, 0) is 0 Å². The number of rotatable bonds is 3. The Morgan fingerprint density at radius 3 is 2.55 bits per heavy atom. The first-order chi connectivity index (χ1) is 10.7. The van der Waals surface area contributed by atoms with E-state index in [2.05, 4.69) is 26.3 Å². The zero-order chi connectivity index (χ0) is 15.4. The Bertz CT molecular complexity index is 636. The van der Waals surface area contributed by atoms with E-state index in [1.54, 1.807) is 0 Å². The van der Waals surface area contributed by atoms with Crippen molar-refractivity contribution in [2.45, 2.75) is 32.6 Å². The van der Waals surface area contributed by atoms with Crippen LogP contribution in [0.2, 0.25) is 5.02 Å². The molecular weight excluding hydrogens is 296 g/mol. The van der Waals surface area contributed by atoms with Crippen LogP contribution in [0.5, 0.6) is 0 Å². The highest BCUT2D eigenvalue weighted by Gasteiger charge is 2.13. The summed E-state index contributed by atoms with van der Waals surface area (Å²) >= 11 is 6.02. The lowest BCUT2D eigenvalue weighted by Gasteiger charge is -2.22. The molecule has 4 nitrogen and oxygen atoms in total. The fourth-order valence-corrected chi connectivity index (χ4v) is 2.96. The standard InChI is InChI=1S/C17H21ClN4/c1-13-11-16(22-9-4-2-3-5-10-22)21-17(19-13)20-15-8-6-7-14(18)12-15/h6-8,11-12H,2-5,9-10H2,1H3,(H,19,20,21). The van der Waals surface area contributed by atoms with E-state index in [1.807, 2.05) is 31.2 Å². The minimum absolute atomic E-state index is 0.626. The van der Waals surface area contributed by atoms with Gasteiger partial charge in [-0.05, 0) is 38.0 Å². The summed E-state index contributed by atoms with van der Waals surface area (Å²) < 4.78 is 0. The van der Waals surface area contributed by atoms with E-state index < -0.39 is 0 Å². The fraction of sp³-hybridized carbons (Fsp3) is 0.412. The molecule has 1 aromatic carbocycles. The molecule has 116 valence electrons. The van der Waals surface area contributed by atoms with Crippen LogP contribution in [0.3, 0.4) is 0 Å². The number of nitrogens with one attached hydrogen (secondary N) is 1. The van der Waals surface area contributed by atoms with Gasteiger partial charge in [0.25, 0.3) is 0 Å². The molecule has 1 aliphatic rings. The first-order valence-electron chi connectivity index (χ1n) is 7.84. The first-order valence-corrected chi connectivity index (χ1v) is 8.22. The monoisotopic (exact) mass is 316 g/mol. The molecule has 3 rings (SSSR count). The lowest BCUT2D eigenvalue weighted by Crippen LogP contribution is -2.25. The lowest BCUT2D eigenvalue weighted by atomic mass is 10.2. The third-order valence-corrected chi connectivity index (χ3v) is 4.09. The quantitative estimate of drug-likeness (QED) is 0.901. The van der Waals surface area contributed by atoms with E-state index in [0.717, 1.165) is 30.3 Å². The average molecular weight is 317 g/mol.